The van der Waals surface area contributed by atoms with Crippen LogP contribution >= 0.6 is 0 Å². The fourth-order valence-electron chi connectivity index (χ4n) is 0.850. The van der Waals surface area contributed by atoms with Gasteiger partial charge in [0.2, 0.25) is 10.1 Å². The molecule has 0 amide bonds. The molecule has 0 saturated carbocycles. The minimum absolute atomic E-state index is 1.03. The zero-order valence-electron chi connectivity index (χ0n) is 9.49. The van der Waals surface area contributed by atoms with Gasteiger partial charge in [-0.1, -0.05) is 30.9 Å². The molecule has 7 nitrogen and oxygen atoms in total. The molecule has 0 aromatic carbocycles. The van der Waals surface area contributed by atoms with Crippen molar-refractivity contribution in [2.75, 3.05) is 7.05 Å². The second-order valence-corrected chi connectivity index (χ2v) is 14.6. The maximum atomic E-state index is 13.1. The standard InChI is InChI=1S/C4H12F2N4O3S3Si/c1-10(17(2,3)4)16(13)8-14(5,11)7-15(6,12)9-16/h1-4H3. The van der Waals surface area contributed by atoms with Gasteiger partial charge in [-0.3, -0.25) is 0 Å². The molecule has 17 heavy (non-hydrogen) atoms. The molecule has 1 aliphatic rings. The van der Waals surface area contributed by atoms with Crippen molar-refractivity contribution in [2.24, 2.45) is 11.3 Å². The van der Waals surface area contributed by atoms with E-state index >= 15 is 0 Å². The first-order valence-corrected chi connectivity index (χ1v) is 11.9. The van der Waals surface area contributed by atoms with E-state index in [2.05, 4.69) is 11.3 Å². The van der Waals surface area contributed by atoms with Crippen LogP contribution < -0.4 is 0 Å². The Bertz CT molecular complexity index is 673. The summed E-state index contributed by atoms with van der Waals surface area (Å²) in [7, 11) is -14.9. The van der Waals surface area contributed by atoms with E-state index in [4.69, 9.17) is 0 Å². The molecule has 1 heterocycles. The van der Waals surface area contributed by atoms with Gasteiger partial charge in [-0.2, -0.15) is 8.42 Å². The molecule has 1 aliphatic heterocycles. The summed E-state index contributed by atoms with van der Waals surface area (Å²) in [5.74, 6) is 0. The first kappa shape index (κ1) is 14.9. The smallest absolute Gasteiger partial charge is 0.224 e. The first-order chi connectivity index (χ1) is 7.28. The van der Waals surface area contributed by atoms with Gasteiger partial charge in [-0.25, -0.2) is 8.18 Å². The molecule has 0 fully saturated rings. The van der Waals surface area contributed by atoms with Gasteiger partial charge in [0.1, 0.15) is 8.24 Å². The molecular weight excluding hydrogens is 314 g/mol. The second-order valence-electron chi connectivity index (χ2n) is 4.22. The summed E-state index contributed by atoms with van der Waals surface area (Å²) in [6.07, 6.45) is 0. The number of halogens is 2. The van der Waals surface area contributed by atoms with Crippen molar-refractivity contribution in [3.05, 3.63) is 0 Å². The minimum Gasteiger partial charge on any atom is -0.224 e. The summed E-state index contributed by atoms with van der Waals surface area (Å²) in [6.45, 7) is 5.11. The predicted molar refractivity (Wildman–Crippen MR) is 65.0 cm³/mol. The molecule has 0 spiro atoms. The maximum Gasteiger partial charge on any atom is 0.338 e. The maximum absolute atomic E-state index is 13.1. The molecule has 0 saturated heterocycles. The van der Waals surface area contributed by atoms with Crippen molar-refractivity contribution in [3.63, 3.8) is 0 Å². The normalized spacial score (nSPS) is 42.5. The van der Waals surface area contributed by atoms with E-state index < -0.39 is 38.9 Å². The summed E-state index contributed by atoms with van der Waals surface area (Å²) >= 11 is 0. The number of rotatable bonds is 2. The van der Waals surface area contributed by atoms with Crippen LogP contribution in [-0.4, -0.2) is 31.9 Å². The fourth-order valence-corrected chi connectivity index (χ4v) is 8.99. The Hall–Kier alpha value is -0.113. The molecule has 0 N–H and O–H groups in total. The van der Waals surface area contributed by atoms with Crippen LogP contribution in [0.4, 0.5) is 7.77 Å². The van der Waals surface area contributed by atoms with Gasteiger partial charge in [0.15, 0.2) is 0 Å². The number of nitrogens with zero attached hydrogens (tertiary/aromatic N) is 4. The van der Waals surface area contributed by atoms with E-state index in [1.165, 1.54) is 7.05 Å². The lowest BCUT2D eigenvalue weighted by Gasteiger charge is -2.29. The topological polar surface area (TPSA) is 91.5 Å². The third kappa shape index (κ3) is 3.43. The van der Waals surface area contributed by atoms with Crippen molar-refractivity contribution >= 4 is 38.9 Å². The Balaban J connectivity index is 3.66. The second kappa shape index (κ2) is 3.94. The highest BCUT2D eigenvalue weighted by Gasteiger charge is 2.35. The SMILES string of the molecule is CN([Si](C)(C)C)S1(=O)=NS(=O)(F)=NS(=O)(F)=N1. The van der Waals surface area contributed by atoms with Crippen molar-refractivity contribution in [1.82, 2.24) is 3.97 Å². The summed E-state index contributed by atoms with van der Waals surface area (Å²) in [6, 6.07) is 0. The molecule has 3 atom stereocenters. The lowest BCUT2D eigenvalue weighted by molar-refractivity contribution is 0.620. The molecule has 0 radical (unpaired) electrons. The molecule has 0 aromatic heterocycles. The van der Waals surface area contributed by atoms with Gasteiger partial charge < -0.3 is 0 Å². The van der Waals surface area contributed by atoms with Crippen LogP contribution in [0, 0.1) is 0 Å². The average Bonchev–Trinajstić information content (AvgIpc) is 1.93. The Morgan fingerprint density at radius 1 is 0.941 bits per heavy atom. The monoisotopic (exact) mass is 326 g/mol. The molecule has 0 bridgehead atoms. The largest absolute Gasteiger partial charge is 0.338 e. The molecule has 0 aliphatic carbocycles. The molecule has 3 unspecified atom stereocenters. The Kier molecular flexibility index (Phi) is 3.47. The summed E-state index contributed by atoms with van der Waals surface area (Å²) < 4.78 is 69.2. The quantitative estimate of drug-likeness (QED) is 0.570. The van der Waals surface area contributed by atoms with Crippen molar-refractivity contribution < 1.29 is 20.4 Å². The van der Waals surface area contributed by atoms with Crippen LogP contribution in [-0.2, 0) is 30.7 Å². The minimum atomic E-state index is -4.94. The summed E-state index contributed by atoms with van der Waals surface area (Å²) in [4.78, 5) is 0. The van der Waals surface area contributed by atoms with Gasteiger partial charge >= 0.3 is 20.6 Å². The van der Waals surface area contributed by atoms with Crippen molar-refractivity contribution in [3.8, 4) is 0 Å². The lowest BCUT2D eigenvalue weighted by atomic mass is 11.6. The van der Waals surface area contributed by atoms with Crippen LogP contribution in [0.5, 0.6) is 0 Å². The van der Waals surface area contributed by atoms with Gasteiger partial charge in [0.25, 0.3) is 0 Å². The van der Waals surface area contributed by atoms with E-state index in [0.29, 0.717) is 0 Å². The van der Waals surface area contributed by atoms with E-state index in [0.717, 1.165) is 3.97 Å². The zero-order chi connectivity index (χ0) is 13.7. The van der Waals surface area contributed by atoms with Crippen LogP contribution in [0.3, 0.4) is 0 Å². The van der Waals surface area contributed by atoms with Crippen molar-refractivity contribution in [1.29, 1.82) is 0 Å². The van der Waals surface area contributed by atoms with E-state index in [1.807, 2.05) is 0 Å². The van der Waals surface area contributed by atoms with Crippen LogP contribution in [0.25, 0.3) is 0 Å². The Labute approximate surface area is 101 Å². The highest BCUT2D eigenvalue weighted by Crippen LogP contribution is 2.25. The molecular formula is C4H12F2N4O3S3Si. The number of hydrogen-bond donors (Lipinski definition) is 0. The lowest BCUT2D eigenvalue weighted by Crippen LogP contribution is -2.46. The highest BCUT2D eigenvalue weighted by molar-refractivity contribution is 8.11. The van der Waals surface area contributed by atoms with E-state index in [-0.39, 0.29) is 0 Å². The molecule has 1 rings (SSSR count). The van der Waals surface area contributed by atoms with E-state index in [9.17, 15) is 20.4 Å². The van der Waals surface area contributed by atoms with Gasteiger partial charge in [0, 0.05) is 0 Å². The van der Waals surface area contributed by atoms with Crippen molar-refractivity contribution in [2.45, 2.75) is 19.6 Å². The van der Waals surface area contributed by atoms with Gasteiger partial charge in [-0.05, 0) is 7.05 Å². The van der Waals surface area contributed by atoms with Gasteiger partial charge in [0.05, 0.1) is 0 Å². The van der Waals surface area contributed by atoms with Gasteiger partial charge in [-0.15, -0.1) is 7.77 Å². The third-order valence-corrected chi connectivity index (χ3v) is 11.3. The van der Waals surface area contributed by atoms with E-state index in [1.54, 1.807) is 19.6 Å². The molecule has 102 valence electrons. The molecule has 13 heteroatoms. The van der Waals surface area contributed by atoms with Crippen LogP contribution in [0.1, 0.15) is 0 Å². The summed E-state index contributed by atoms with van der Waals surface area (Å²) in [5, 5.41) is 0. The third-order valence-electron chi connectivity index (χ3n) is 1.86. The summed E-state index contributed by atoms with van der Waals surface area (Å²) in [5.41, 5.74) is 0. The highest BCUT2D eigenvalue weighted by atomic mass is 32.3. The predicted octanol–water partition coefficient (Wildman–Crippen LogP) is 1.60. The zero-order valence-corrected chi connectivity index (χ0v) is 12.9. The first-order valence-electron chi connectivity index (χ1n) is 4.26. The molecule has 0 aromatic rings. The van der Waals surface area contributed by atoms with Crippen LogP contribution in [0.15, 0.2) is 11.3 Å². The fraction of sp³-hybridized carbons (Fsp3) is 1.00. The Morgan fingerprint density at radius 2 is 1.35 bits per heavy atom. The number of hydrogen-bond acceptors (Lipinski definition) is 3. The van der Waals surface area contributed by atoms with Crippen LogP contribution in [0.2, 0.25) is 19.6 Å². The Morgan fingerprint density at radius 3 is 1.71 bits per heavy atom. The average molecular weight is 326 g/mol.